The van der Waals surface area contributed by atoms with Crippen LogP contribution in [0.1, 0.15) is 63.1 Å². The molecule has 37 heavy (non-hydrogen) atoms. The van der Waals surface area contributed by atoms with E-state index in [1.165, 1.54) is 11.1 Å². The minimum absolute atomic E-state index is 0.175. The smallest absolute Gasteiger partial charge is 0.407 e. The fourth-order valence-electron chi connectivity index (χ4n) is 7.80. The van der Waals surface area contributed by atoms with Gasteiger partial charge in [-0.05, 0) is 91.4 Å². The van der Waals surface area contributed by atoms with E-state index in [2.05, 4.69) is 36.2 Å². The van der Waals surface area contributed by atoms with Crippen LogP contribution in [0.15, 0.2) is 12.1 Å². The van der Waals surface area contributed by atoms with Crippen LogP contribution in [0.4, 0.5) is 4.79 Å². The summed E-state index contributed by atoms with van der Waals surface area (Å²) in [6.45, 7) is 6.85. The summed E-state index contributed by atoms with van der Waals surface area (Å²) in [5.41, 5.74) is 2.59. The minimum Gasteiger partial charge on any atom is -0.493 e. The van der Waals surface area contributed by atoms with E-state index in [1.807, 2.05) is 0 Å². The summed E-state index contributed by atoms with van der Waals surface area (Å²) < 4.78 is 17.0. The molecule has 2 aliphatic carbocycles. The molecule has 1 amide bonds. The molecule has 1 aromatic carbocycles. The Morgan fingerprint density at radius 2 is 1.81 bits per heavy atom. The summed E-state index contributed by atoms with van der Waals surface area (Å²) in [5.74, 6) is 1.89. The Morgan fingerprint density at radius 1 is 1.08 bits per heavy atom. The molecule has 1 saturated heterocycles. The van der Waals surface area contributed by atoms with Gasteiger partial charge in [0.05, 0.1) is 26.7 Å². The van der Waals surface area contributed by atoms with Crippen molar-refractivity contribution in [1.29, 1.82) is 0 Å². The number of carbonyl (C=O) groups excluding carboxylic acids is 1. The predicted molar refractivity (Wildman–Crippen MR) is 139 cm³/mol. The Balaban J connectivity index is 1.28. The van der Waals surface area contributed by atoms with Gasteiger partial charge in [-0.25, -0.2) is 4.79 Å². The number of hydrogen-bond acceptors (Lipinski definition) is 6. The van der Waals surface area contributed by atoms with E-state index in [0.29, 0.717) is 18.4 Å². The van der Waals surface area contributed by atoms with Crippen LogP contribution in [-0.2, 0) is 16.0 Å². The number of benzene rings is 1. The first kappa shape index (κ1) is 26.1. The van der Waals surface area contributed by atoms with Crippen LogP contribution < -0.4 is 14.8 Å². The number of alkyl carbamates (subject to hydrolysis) is 1. The lowest BCUT2D eigenvalue weighted by atomic mass is 9.74. The summed E-state index contributed by atoms with van der Waals surface area (Å²) in [4.78, 5) is 27.3. The average molecular weight is 515 g/mol. The molecule has 3 fully saturated rings. The summed E-state index contributed by atoms with van der Waals surface area (Å²) in [7, 11) is 3.34. The molecular formula is C29H42N2O6. The molecule has 204 valence electrons. The Morgan fingerprint density at radius 3 is 2.51 bits per heavy atom. The third kappa shape index (κ3) is 5.14. The van der Waals surface area contributed by atoms with Gasteiger partial charge in [0.1, 0.15) is 0 Å². The van der Waals surface area contributed by atoms with Crippen LogP contribution in [0.2, 0.25) is 0 Å². The van der Waals surface area contributed by atoms with Gasteiger partial charge in [0.15, 0.2) is 11.5 Å². The SMILES string of the molecule is COc1cc2c(cc1OC)[C@H]1C[C@@H](COC(=O)NC3C4CCC(C4)C3C(=O)O)[C@H](CC(C)C)CN1CC2. The number of methoxy groups -OCH3 is 2. The lowest BCUT2D eigenvalue weighted by molar-refractivity contribution is -0.144. The third-order valence-electron chi connectivity index (χ3n) is 9.46. The molecule has 7 atom stereocenters. The van der Waals surface area contributed by atoms with Crippen molar-refractivity contribution in [2.75, 3.05) is 33.9 Å². The second-order valence-corrected chi connectivity index (χ2v) is 12.0. The molecule has 8 nitrogen and oxygen atoms in total. The number of piperidine rings is 1. The first-order valence-electron chi connectivity index (χ1n) is 13.9. The monoisotopic (exact) mass is 514 g/mol. The molecule has 4 unspecified atom stereocenters. The number of aliphatic carboxylic acids is 1. The molecule has 2 saturated carbocycles. The van der Waals surface area contributed by atoms with Gasteiger partial charge in [-0.2, -0.15) is 0 Å². The molecule has 2 N–H and O–H groups in total. The van der Waals surface area contributed by atoms with E-state index in [0.717, 1.165) is 63.1 Å². The summed E-state index contributed by atoms with van der Waals surface area (Å²) in [5, 5.41) is 12.7. The number of carboxylic acid groups (broad SMARTS) is 1. The predicted octanol–water partition coefficient (Wildman–Crippen LogP) is 4.51. The van der Waals surface area contributed by atoms with E-state index in [4.69, 9.17) is 14.2 Å². The Labute approximate surface area is 220 Å². The van der Waals surface area contributed by atoms with E-state index >= 15 is 0 Å². The van der Waals surface area contributed by atoms with E-state index < -0.39 is 18.0 Å². The summed E-state index contributed by atoms with van der Waals surface area (Å²) >= 11 is 0. The van der Waals surface area contributed by atoms with Crippen LogP contribution in [-0.4, -0.2) is 62.0 Å². The topological polar surface area (TPSA) is 97.3 Å². The van der Waals surface area contributed by atoms with Gasteiger partial charge in [0, 0.05) is 25.2 Å². The highest BCUT2D eigenvalue weighted by molar-refractivity contribution is 5.75. The Kier molecular flexibility index (Phi) is 7.57. The number of carboxylic acids is 1. The maximum atomic E-state index is 12.9. The normalized spacial score (nSPS) is 32.5. The molecule has 4 aliphatic rings. The zero-order chi connectivity index (χ0) is 26.3. The van der Waals surface area contributed by atoms with Crippen LogP contribution in [0.3, 0.4) is 0 Å². The molecule has 2 bridgehead atoms. The number of fused-ring (bicyclic) bond motifs is 5. The molecule has 0 radical (unpaired) electrons. The van der Waals surface area contributed by atoms with Crippen molar-refractivity contribution in [3.8, 4) is 11.5 Å². The highest BCUT2D eigenvalue weighted by Gasteiger charge is 2.52. The van der Waals surface area contributed by atoms with Crippen molar-refractivity contribution in [1.82, 2.24) is 10.2 Å². The van der Waals surface area contributed by atoms with Crippen molar-refractivity contribution in [2.24, 2.45) is 35.5 Å². The number of rotatable bonds is 8. The van der Waals surface area contributed by atoms with Crippen LogP contribution in [0.5, 0.6) is 11.5 Å². The van der Waals surface area contributed by atoms with Crippen LogP contribution >= 0.6 is 0 Å². The number of nitrogens with zero attached hydrogens (tertiary/aromatic N) is 1. The largest absolute Gasteiger partial charge is 0.493 e. The van der Waals surface area contributed by atoms with Crippen molar-refractivity contribution in [2.45, 2.75) is 64.5 Å². The number of ether oxygens (including phenoxy) is 3. The van der Waals surface area contributed by atoms with Crippen LogP contribution in [0.25, 0.3) is 0 Å². The molecule has 8 heteroatoms. The van der Waals surface area contributed by atoms with Gasteiger partial charge in [0.2, 0.25) is 0 Å². The van der Waals surface area contributed by atoms with Crippen molar-refractivity contribution >= 4 is 12.1 Å². The van der Waals surface area contributed by atoms with Gasteiger partial charge < -0.3 is 24.6 Å². The molecular weight excluding hydrogens is 472 g/mol. The summed E-state index contributed by atoms with van der Waals surface area (Å²) in [6, 6.07) is 4.17. The number of amides is 1. The maximum Gasteiger partial charge on any atom is 0.407 e. The lowest BCUT2D eigenvalue weighted by Crippen LogP contribution is -2.49. The number of hydrogen-bond donors (Lipinski definition) is 2. The Bertz CT molecular complexity index is 1010. The highest BCUT2D eigenvalue weighted by Crippen LogP contribution is 2.49. The third-order valence-corrected chi connectivity index (χ3v) is 9.46. The fraction of sp³-hybridized carbons (Fsp3) is 0.724. The maximum absolute atomic E-state index is 12.9. The van der Waals surface area contributed by atoms with Crippen LogP contribution in [0, 0.1) is 35.5 Å². The number of carbonyl (C=O) groups is 2. The quantitative estimate of drug-likeness (QED) is 0.527. The summed E-state index contributed by atoms with van der Waals surface area (Å²) in [6.07, 6.45) is 5.35. The van der Waals surface area contributed by atoms with Gasteiger partial charge in [-0.15, -0.1) is 0 Å². The lowest BCUT2D eigenvalue weighted by Gasteiger charge is -2.47. The molecule has 0 aromatic heterocycles. The Hall–Kier alpha value is -2.48. The van der Waals surface area contributed by atoms with E-state index in [1.54, 1.807) is 14.2 Å². The van der Waals surface area contributed by atoms with Gasteiger partial charge in [-0.3, -0.25) is 9.69 Å². The zero-order valence-corrected chi connectivity index (χ0v) is 22.6. The molecule has 0 spiro atoms. The standard InChI is InChI=1S/C29H42N2O6/c1-16(2)9-20-14-31-8-7-17-12-24(35-3)25(36-4)13-22(17)23(31)11-21(20)15-37-29(34)30-27-19-6-5-18(10-19)26(27)28(32)33/h12-13,16,18-21,23,26-27H,5-11,14-15H2,1-4H3,(H,30,34)(H,32,33)/t18?,19?,20-,21+,23-,26?,27?/m1/s1. The first-order chi connectivity index (χ1) is 17.8. The van der Waals surface area contributed by atoms with Gasteiger partial charge in [0.25, 0.3) is 0 Å². The molecule has 5 rings (SSSR count). The fourth-order valence-corrected chi connectivity index (χ4v) is 7.80. The minimum atomic E-state index is -0.801. The zero-order valence-electron chi connectivity index (χ0n) is 22.6. The average Bonchev–Trinajstić information content (AvgIpc) is 3.48. The second kappa shape index (κ2) is 10.7. The number of nitrogens with one attached hydrogen (secondary N) is 1. The van der Waals surface area contributed by atoms with Crippen molar-refractivity contribution in [3.05, 3.63) is 23.3 Å². The first-order valence-corrected chi connectivity index (χ1v) is 13.9. The molecule has 1 aromatic rings. The molecule has 2 heterocycles. The molecule has 2 aliphatic heterocycles. The van der Waals surface area contributed by atoms with Crippen molar-refractivity contribution < 1.29 is 28.9 Å². The van der Waals surface area contributed by atoms with Gasteiger partial charge >= 0.3 is 12.1 Å². The van der Waals surface area contributed by atoms with E-state index in [-0.39, 0.29) is 29.8 Å². The van der Waals surface area contributed by atoms with Crippen molar-refractivity contribution in [3.63, 3.8) is 0 Å². The van der Waals surface area contributed by atoms with Gasteiger partial charge in [-0.1, -0.05) is 13.8 Å². The second-order valence-electron chi connectivity index (χ2n) is 12.0. The highest BCUT2D eigenvalue weighted by atomic mass is 16.5. The van der Waals surface area contributed by atoms with E-state index in [9.17, 15) is 14.7 Å².